The molecule has 0 atom stereocenters. The quantitative estimate of drug-likeness (QED) is 0.736. The van der Waals surface area contributed by atoms with Gasteiger partial charge in [-0.25, -0.2) is 9.97 Å². The van der Waals surface area contributed by atoms with Gasteiger partial charge in [0, 0.05) is 38.3 Å². The molecule has 0 aliphatic carbocycles. The molecule has 0 spiro atoms. The van der Waals surface area contributed by atoms with Crippen LogP contribution in [0.25, 0.3) is 0 Å². The second-order valence-electron chi connectivity index (χ2n) is 7.19. The Bertz CT molecular complexity index is 808. The second kappa shape index (κ2) is 8.36. The first-order valence-corrected chi connectivity index (χ1v) is 9.77. The molecule has 0 saturated carbocycles. The third-order valence-electron chi connectivity index (χ3n) is 5.29. The molecular weight excluding hydrogens is 338 g/mol. The lowest BCUT2D eigenvalue weighted by Crippen LogP contribution is -2.31. The van der Waals surface area contributed by atoms with Crippen LogP contribution < -0.4 is 9.64 Å². The van der Waals surface area contributed by atoms with Crippen LogP contribution in [0.3, 0.4) is 0 Å². The van der Waals surface area contributed by atoms with Crippen LogP contribution in [0.1, 0.15) is 36.1 Å². The zero-order chi connectivity index (χ0) is 18.5. The highest BCUT2D eigenvalue weighted by Gasteiger charge is 2.19. The molecule has 0 N–H and O–H groups in total. The van der Waals surface area contributed by atoms with Crippen molar-refractivity contribution in [3.63, 3.8) is 0 Å². The summed E-state index contributed by atoms with van der Waals surface area (Å²) < 4.78 is 5.87. The molecule has 0 amide bonds. The largest absolute Gasteiger partial charge is 0.478 e. The van der Waals surface area contributed by atoms with Crippen molar-refractivity contribution in [2.75, 3.05) is 37.7 Å². The Morgan fingerprint density at radius 1 is 1.11 bits per heavy atom. The Hall–Kier alpha value is -2.65. The minimum absolute atomic E-state index is 0.587. The van der Waals surface area contributed by atoms with Crippen LogP contribution >= 0.6 is 0 Å². The second-order valence-corrected chi connectivity index (χ2v) is 7.19. The van der Waals surface area contributed by atoms with E-state index in [1.54, 1.807) is 6.20 Å². The Labute approximate surface area is 160 Å². The number of anilines is 1. The molecule has 27 heavy (non-hydrogen) atoms. The maximum Gasteiger partial charge on any atom is 0.213 e. The summed E-state index contributed by atoms with van der Waals surface area (Å²) in [5.74, 6) is 1.64. The fourth-order valence-corrected chi connectivity index (χ4v) is 3.78. The van der Waals surface area contributed by atoms with E-state index in [0.717, 1.165) is 56.5 Å². The van der Waals surface area contributed by atoms with Crippen LogP contribution in [0, 0.1) is 11.3 Å². The van der Waals surface area contributed by atoms with Gasteiger partial charge in [0.25, 0.3) is 0 Å². The van der Waals surface area contributed by atoms with E-state index in [4.69, 9.17) is 15.0 Å². The fourth-order valence-electron chi connectivity index (χ4n) is 3.78. The van der Waals surface area contributed by atoms with Gasteiger partial charge < -0.3 is 14.5 Å². The van der Waals surface area contributed by atoms with E-state index in [0.29, 0.717) is 5.56 Å². The van der Waals surface area contributed by atoms with E-state index in [1.165, 1.54) is 31.5 Å². The molecule has 1 fully saturated rings. The number of hydrogen-bond donors (Lipinski definition) is 0. The van der Waals surface area contributed by atoms with Gasteiger partial charge in [0.1, 0.15) is 11.9 Å². The molecule has 4 heterocycles. The first kappa shape index (κ1) is 17.7. The standard InChI is InChI=1S/C21H25N5O/c22-14-17-4-6-20(23-15-17)26-12-8-19-18(16-26)5-7-21(24-19)27-13-3-11-25-9-1-2-10-25/h4-7,15H,1-3,8-13,16H2. The van der Waals surface area contributed by atoms with Crippen molar-refractivity contribution in [2.24, 2.45) is 0 Å². The van der Waals surface area contributed by atoms with Crippen molar-refractivity contribution >= 4 is 5.82 Å². The summed E-state index contributed by atoms with van der Waals surface area (Å²) in [7, 11) is 0. The van der Waals surface area contributed by atoms with Crippen molar-refractivity contribution in [2.45, 2.75) is 32.2 Å². The number of rotatable bonds is 6. The number of nitriles is 1. The number of hydrogen-bond acceptors (Lipinski definition) is 6. The van der Waals surface area contributed by atoms with Gasteiger partial charge in [0.2, 0.25) is 5.88 Å². The molecular formula is C21H25N5O. The van der Waals surface area contributed by atoms with Crippen molar-refractivity contribution in [3.05, 3.63) is 47.3 Å². The van der Waals surface area contributed by atoms with E-state index in [9.17, 15) is 0 Å². The molecule has 140 valence electrons. The summed E-state index contributed by atoms with van der Waals surface area (Å²) >= 11 is 0. The maximum atomic E-state index is 8.90. The predicted octanol–water partition coefficient (Wildman–Crippen LogP) is 2.78. The zero-order valence-electron chi connectivity index (χ0n) is 15.6. The van der Waals surface area contributed by atoms with Crippen molar-refractivity contribution in [1.82, 2.24) is 14.9 Å². The van der Waals surface area contributed by atoms with Gasteiger partial charge in [-0.1, -0.05) is 6.07 Å². The van der Waals surface area contributed by atoms with E-state index >= 15 is 0 Å². The summed E-state index contributed by atoms with van der Waals surface area (Å²) in [6.45, 7) is 5.98. The van der Waals surface area contributed by atoms with Gasteiger partial charge in [0.05, 0.1) is 17.9 Å². The third-order valence-corrected chi connectivity index (χ3v) is 5.29. The predicted molar refractivity (Wildman–Crippen MR) is 104 cm³/mol. The molecule has 0 unspecified atom stereocenters. The highest BCUT2D eigenvalue weighted by Crippen LogP contribution is 2.24. The first-order chi connectivity index (χ1) is 13.3. The van der Waals surface area contributed by atoms with Gasteiger partial charge >= 0.3 is 0 Å². The molecule has 0 aromatic carbocycles. The van der Waals surface area contributed by atoms with Crippen LogP contribution in [-0.4, -0.2) is 47.7 Å². The number of pyridine rings is 2. The number of likely N-dealkylation sites (tertiary alicyclic amines) is 1. The highest BCUT2D eigenvalue weighted by molar-refractivity contribution is 5.45. The maximum absolute atomic E-state index is 8.90. The molecule has 2 aromatic rings. The minimum Gasteiger partial charge on any atom is -0.478 e. The number of aromatic nitrogens is 2. The lowest BCUT2D eigenvalue weighted by atomic mass is 10.1. The van der Waals surface area contributed by atoms with Gasteiger partial charge in [-0.2, -0.15) is 5.26 Å². The smallest absolute Gasteiger partial charge is 0.213 e. The summed E-state index contributed by atoms with van der Waals surface area (Å²) in [4.78, 5) is 13.8. The summed E-state index contributed by atoms with van der Waals surface area (Å²) in [5.41, 5.74) is 2.93. The topological polar surface area (TPSA) is 65.3 Å². The number of ether oxygens (including phenoxy) is 1. The molecule has 0 bridgehead atoms. The summed E-state index contributed by atoms with van der Waals surface area (Å²) in [5, 5.41) is 8.90. The summed E-state index contributed by atoms with van der Waals surface area (Å²) in [6, 6.07) is 9.93. The Kier molecular flexibility index (Phi) is 5.50. The van der Waals surface area contributed by atoms with Crippen molar-refractivity contribution in [3.8, 4) is 11.9 Å². The first-order valence-electron chi connectivity index (χ1n) is 9.77. The zero-order valence-corrected chi connectivity index (χ0v) is 15.6. The third kappa shape index (κ3) is 4.37. The number of fused-ring (bicyclic) bond motifs is 1. The summed E-state index contributed by atoms with van der Waals surface area (Å²) in [6.07, 6.45) is 6.23. The monoisotopic (exact) mass is 363 g/mol. The molecule has 4 rings (SSSR count). The Balaban J connectivity index is 1.31. The average Bonchev–Trinajstić information content (AvgIpc) is 3.24. The number of nitrogens with zero attached hydrogens (tertiary/aromatic N) is 5. The van der Waals surface area contributed by atoms with Crippen LogP contribution in [0.2, 0.25) is 0 Å². The highest BCUT2D eigenvalue weighted by atomic mass is 16.5. The molecule has 6 nitrogen and oxygen atoms in total. The van der Waals surface area contributed by atoms with E-state index in [-0.39, 0.29) is 0 Å². The molecule has 1 saturated heterocycles. The van der Waals surface area contributed by atoms with Gasteiger partial charge in [-0.3, -0.25) is 0 Å². The van der Waals surface area contributed by atoms with Gasteiger partial charge in [-0.15, -0.1) is 0 Å². The van der Waals surface area contributed by atoms with Crippen LogP contribution in [0.5, 0.6) is 5.88 Å². The normalized spacial score (nSPS) is 16.8. The average molecular weight is 363 g/mol. The minimum atomic E-state index is 0.587. The van der Waals surface area contributed by atoms with E-state index < -0.39 is 0 Å². The van der Waals surface area contributed by atoms with Crippen LogP contribution in [0.15, 0.2) is 30.5 Å². The molecule has 2 aromatic heterocycles. The Morgan fingerprint density at radius 2 is 2.00 bits per heavy atom. The van der Waals surface area contributed by atoms with Crippen LogP contribution in [0.4, 0.5) is 5.82 Å². The molecule has 2 aliphatic heterocycles. The van der Waals surface area contributed by atoms with Crippen molar-refractivity contribution in [1.29, 1.82) is 5.26 Å². The van der Waals surface area contributed by atoms with Crippen molar-refractivity contribution < 1.29 is 4.74 Å². The lowest BCUT2D eigenvalue weighted by Gasteiger charge is -2.29. The molecule has 2 aliphatic rings. The van der Waals surface area contributed by atoms with Gasteiger partial charge in [0.15, 0.2) is 0 Å². The molecule has 0 radical (unpaired) electrons. The molecule has 6 heteroatoms. The fraction of sp³-hybridized carbons (Fsp3) is 0.476. The van der Waals surface area contributed by atoms with Crippen LogP contribution in [-0.2, 0) is 13.0 Å². The SMILES string of the molecule is N#Cc1ccc(N2CCc3nc(OCCCN4CCCC4)ccc3C2)nc1. The van der Waals surface area contributed by atoms with Gasteiger partial charge in [-0.05, 0) is 50.0 Å². The Morgan fingerprint density at radius 3 is 2.78 bits per heavy atom. The van der Waals surface area contributed by atoms with E-state index in [2.05, 4.69) is 26.9 Å². The lowest BCUT2D eigenvalue weighted by molar-refractivity contribution is 0.256. The van der Waals surface area contributed by atoms with E-state index in [1.807, 2.05) is 18.2 Å².